The summed E-state index contributed by atoms with van der Waals surface area (Å²) in [5.74, 6) is 0.107. The first kappa shape index (κ1) is 24.2. The van der Waals surface area contributed by atoms with E-state index in [1.165, 1.54) is 32.4 Å². The Morgan fingerprint density at radius 2 is 1.72 bits per heavy atom. The summed E-state index contributed by atoms with van der Waals surface area (Å²) in [4.78, 5) is 24.3. The number of amides is 1. The van der Waals surface area contributed by atoms with Gasteiger partial charge in [-0.25, -0.2) is 4.79 Å². The Hall–Kier alpha value is -4.09. The van der Waals surface area contributed by atoms with Gasteiger partial charge >= 0.3 is 5.97 Å². The van der Waals surface area contributed by atoms with Crippen LogP contribution in [0.5, 0.6) is 17.2 Å². The van der Waals surface area contributed by atoms with E-state index < -0.39 is 11.9 Å². The third-order valence-electron chi connectivity index (χ3n) is 4.19. The van der Waals surface area contributed by atoms with Gasteiger partial charge in [0.25, 0.3) is 5.91 Å². The van der Waals surface area contributed by atoms with Crippen LogP contribution in [0.25, 0.3) is 12.2 Å². The average molecular weight is 436 g/mol. The molecule has 2 rings (SSSR count). The average Bonchev–Trinajstić information content (AvgIpc) is 2.82. The highest BCUT2D eigenvalue weighted by Gasteiger charge is 2.12. The summed E-state index contributed by atoms with van der Waals surface area (Å²) in [6.07, 6.45) is 4.33. The normalized spacial score (nSPS) is 11.0. The number of benzene rings is 2. The monoisotopic (exact) mass is 436 g/mol. The number of hydrogen-bond donors (Lipinski definition) is 1. The second kappa shape index (κ2) is 12.6. The number of nitrogens with zero attached hydrogens (tertiary/aromatic N) is 1. The number of nitrogens with one attached hydrogen (secondary N) is 1. The van der Waals surface area contributed by atoms with Crippen molar-refractivity contribution < 1.29 is 28.5 Å². The molecule has 0 saturated heterocycles. The smallest absolute Gasteiger partial charge is 0.336 e. The summed E-state index contributed by atoms with van der Waals surface area (Å²) in [7, 11) is 4.52. The summed E-state index contributed by atoms with van der Waals surface area (Å²) < 4.78 is 20.6. The van der Waals surface area contributed by atoms with Crippen molar-refractivity contribution >= 4 is 24.0 Å². The fraction of sp³-hybridized carbons (Fsp3) is 0.208. The first-order valence-electron chi connectivity index (χ1n) is 9.61. The number of ether oxygens (including phenoxy) is 4. The van der Waals surface area contributed by atoms with E-state index in [0.717, 1.165) is 11.3 Å². The Morgan fingerprint density at radius 3 is 2.34 bits per heavy atom. The highest BCUT2D eigenvalue weighted by molar-refractivity contribution is 6.01. The van der Waals surface area contributed by atoms with Gasteiger partial charge in [0, 0.05) is 19.7 Å². The van der Waals surface area contributed by atoms with Crippen LogP contribution in [0.4, 0.5) is 0 Å². The zero-order valence-corrected chi connectivity index (χ0v) is 18.1. The Kier molecular flexibility index (Phi) is 9.50. The van der Waals surface area contributed by atoms with Crippen LogP contribution < -0.4 is 19.5 Å². The molecule has 1 N–H and O–H groups in total. The first-order chi connectivity index (χ1) is 15.5. The lowest BCUT2D eigenvalue weighted by atomic mass is 10.1. The number of carbonyl (C=O) groups excluding carboxylic acids is 2. The van der Waals surface area contributed by atoms with Crippen molar-refractivity contribution in [3.63, 3.8) is 0 Å². The minimum absolute atomic E-state index is 0.0738. The zero-order valence-electron chi connectivity index (χ0n) is 18.1. The molecule has 0 radical (unpaired) electrons. The minimum Gasteiger partial charge on any atom is -0.497 e. The number of hydrogen-bond acceptors (Lipinski definition) is 7. The molecule has 0 aromatic heterocycles. The van der Waals surface area contributed by atoms with Crippen LogP contribution in [-0.2, 0) is 14.3 Å². The summed E-state index contributed by atoms with van der Waals surface area (Å²) in [5, 5.41) is 11.9. The van der Waals surface area contributed by atoms with Gasteiger partial charge in [-0.2, -0.15) is 5.26 Å². The SMILES string of the molecule is COCCNC(=O)C(C#N)=Cc1ccc(OC(=O)C=Cc2ccc(OC)cc2)c(OC)c1. The molecular formula is C24H24N2O6. The molecule has 8 nitrogen and oxygen atoms in total. The minimum atomic E-state index is -0.586. The van der Waals surface area contributed by atoms with Crippen LogP contribution >= 0.6 is 0 Å². The van der Waals surface area contributed by atoms with Gasteiger partial charge in [-0.05, 0) is 47.5 Å². The van der Waals surface area contributed by atoms with Crippen molar-refractivity contribution in [2.24, 2.45) is 0 Å². The van der Waals surface area contributed by atoms with Crippen molar-refractivity contribution in [3.05, 3.63) is 65.2 Å². The molecule has 1 amide bonds. The Balaban J connectivity index is 2.10. The standard InChI is InChI=1S/C24H24N2O6/c1-29-13-12-26-24(28)19(16-25)14-18-6-10-21(22(15-18)31-3)32-23(27)11-7-17-4-8-20(30-2)9-5-17/h4-11,14-15H,12-13H2,1-3H3,(H,26,28). The third-order valence-corrected chi connectivity index (χ3v) is 4.19. The van der Waals surface area contributed by atoms with E-state index in [2.05, 4.69) is 5.32 Å². The van der Waals surface area contributed by atoms with Crippen LogP contribution in [0, 0.1) is 11.3 Å². The highest BCUT2D eigenvalue weighted by atomic mass is 16.6. The van der Waals surface area contributed by atoms with Gasteiger partial charge in [0.05, 0.1) is 20.8 Å². The van der Waals surface area contributed by atoms with E-state index in [9.17, 15) is 14.9 Å². The largest absolute Gasteiger partial charge is 0.497 e. The topological polar surface area (TPSA) is 107 Å². The summed E-state index contributed by atoms with van der Waals surface area (Å²) in [6, 6.07) is 13.8. The Bertz CT molecular complexity index is 1040. The molecule has 0 fully saturated rings. The van der Waals surface area contributed by atoms with Gasteiger partial charge in [-0.3, -0.25) is 4.79 Å². The van der Waals surface area contributed by atoms with Gasteiger partial charge in [-0.15, -0.1) is 0 Å². The number of nitriles is 1. The Labute approximate surface area is 186 Å². The van der Waals surface area contributed by atoms with Crippen LogP contribution in [0.3, 0.4) is 0 Å². The van der Waals surface area contributed by atoms with Gasteiger partial charge in [0.1, 0.15) is 17.4 Å². The lowest BCUT2D eigenvalue weighted by Crippen LogP contribution is -2.27. The molecule has 0 bridgehead atoms. The summed E-state index contributed by atoms with van der Waals surface area (Å²) in [5.41, 5.74) is 1.27. The maximum Gasteiger partial charge on any atom is 0.336 e. The van der Waals surface area contributed by atoms with Crippen molar-refractivity contribution in [1.82, 2.24) is 5.32 Å². The van der Waals surface area contributed by atoms with Crippen molar-refractivity contribution in [2.75, 3.05) is 34.5 Å². The highest BCUT2D eigenvalue weighted by Crippen LogP contribution is 2.29. The van der Waals surface area contributed by atoms with E-state index in [1.807, 2.05) is 18.2 Å². The second-order valence-corrected chi connectivity index (χ2v) is 6.36. The predicted molar refractivity (Wildman–Crippen MR) is 119 cm³/mol. The molecule has 0 aliphatic carbocycles. The predicted octanol–water partition coefficient (Wildman–Crippen LogP) is 2.99. The zero-order chi connectivity index (χ0) is 23.3. The van der Waals surface area contributed by atoms with E-state index >= 15 is 0 Å². The van der Waals surface area contributed by atoms with Crippen LogP contribution in [0.15, 0.2) is 54.1 Å². The molecule has 0 heterocycles. The van der Waals surface area contributed by atoms with Gasteiger partial charge < -0.3 is 24.3 Å². The number of esters is 1. The van der Waals surface area contributed by atoms with Gasteiger partial charge in [0.2, 0.25) is 0 Å². The first-order valence-corrected chi connectivity index (χ1v) is 9.61. The molecule has 8 heteroatoms. The molecule has 0 saturated carbocycles. The van der Waals surface area contributed by atoms with Crippen LogP contribution in [0.1, 0.15) is 11.1 Å². The van der Waals surface area contributed by atoms with Crippen LogP contribution in [-0.4, -0.2) is 46.4 Å². The van der Waals surface area contributed by atoms with E-state index in [4.69, 9.17) is 18.9 Å². The maximum absolute atomic E-state index is 12.2. The van der Waals surface area contributed by atoms with Gasteiger partial charge in [-0.1, -0.05) is 18.2 Å². The molecule has 0 atom stereocenters. The number of rotatable bonds is 10. The lowest BCUT2D eigenvalue weighted by Gasteiger charge is -2.09. The molecule has 0 spiro atoms. The summed E-state index contributed by atoms with van der Waals surface area (Å²) >= 11 is 0. The van der Waals surface area contributed by atoms with E-state index in [-0.39, 0.29) is 23.6 Å². The molecule has 0 aliphatic rings. The summed E-state index contributed by atoms with van der Waals surface area (Å²) in [6.45, 7) is 0.627. The Morgan fingerprint density at radius 1 is 1.00 bits per heavy atom. The fourth-order valence-electron chi connectivity index (χ4n) is 2.56. The van der Waals surface area contributed by atoms with Crippen LogP contribution in [0.2, 0.25) is 0 Å². The number of methoxy groups -OCH3 is 3. The van der Waals surface area contributed by atoms with Crippen molar-refractivity contribution in [2.45, 2.75) is 0 Å². The molecule has 2 aromatic rings. The van der Waals surface area contributed by atoms with E-state index in [1.54, 1.807) is 37.5 Å². The van der Waals surface area contributed by atoms with E-state index in [0.29, 0.717) is 12.2 Å². The molecule has 2 aromatic carbocycles. The quantitative estimate of drug-likeness (QED) is 0.201. The maximum atomic E-state index is 12.2. The van der Waals surface area contributed by atoms with Gasteiger partial charge in [0.15, 0.2) is 11.5 Å². The van der Waals surface area contributed by atoms with Crippen molar-refractivity contribution in [1.29, 1.82) is 5.26 Å². The third kappa shape index (κ3) is 7.31. The molecule has 166 valence electrons. The molecule has 0 unspecified atom stereocenters. The fourth-order valence-corrected chi connectivity index (χ4v) is 2.56. The molecule has 32 heavy (non-hydrogen) atoms. The molecular weight excluding hydrogens is 412 g/mol. The second-order valence-electron chi connectivity index (χ2n) is 6.36. The molecule has 0 aliphatic heterocycles. The lowest BCUT2D eigenvalue weighted by molar-refractivity contribution is -0.129. The van der Waals surface area contributed by atoms with Crippen molar-refractivity contribution in [3.8, 4) is 23.3 Å². The number of carbonyl (C=O) groups is 2.